The van der Waals surface area contributed by atoms with E-state index in [9.17, 15) is 4.79 Å². The van der Waals surface area contributed by atoms with Gasteiger partial charge in [0.1, 0.15) is 0 Å². The lowest BCUT2D eigenvalue weighted by atomic mass is 10.1. The third kappa shape index (κ3) is 4.79. The Balaban J connectivity index is 2.01. The smallest absolute Gasteiger partial charge is 0.328 e. The van der Waals surface area contributed by atoms with E-state index < -0.39 is 5.97 Å². The summed E-state index contributed by atoms with van der Waals surface area (Å²) in [5.74, 6) is -0.922. The van der Waals surface area contributed by atoms with Crippen LogP contribution in [0.4, 0.5) is 0 Å². The van der Waals surface area contributed by atoms with E-state index in [4.69, 9.17) is 9.84 Å². The van der Waals surface area contributed by atoms with Gasteiger partial charge < -0.3 is 9.84 Å². The molecule has 108 valence electrons. The molecule has 1 aromatic carbocycles. The van der Waals surface area contributed by atoms with E-state index >= 15 is 0 Å². The van der Waals surface area contributed by atoms with E-state index in [0.717, 1.165) is 38.2 Å². The first-order chi connectivity index (χ1) is 9.63. The third-order valence-electron chi connectivity index (χ3n) is 3.31. The molecule has 1 N–H and O–H groups in total. The largest absolute Gasteiger partial charge is 0.478 e. The molecule has 1 unspecified atom stereocenters. The van der Waals surface area contributed by atoms with Gasteiger partial charge in [-0.1, -0.05) is 24.3 Å². The van der Waals surface area contributed by atoms with Crippen molar-refractivity contribution in [1.82, 2.24) is 4.90 Å². The van der Waals surface area contributed by atoms with E-state index in [1.165, 1.54) is 11.6 Å². The molecule has 4 heteroatoms. The Hall–Kier alpha value is -1.65. The molecule has 0 spiro atoms. The third-order valence-corrected chi connectivity index (χ3v) is 3.31. The van der Waals surface area contributed by atoms with Crippen LogP contribution in [-0.4, -0.2) is 41.8 Å². The first-order valence-electron chi connectivity index (χ1n) is 6.97. The minimum absolute atomic E-state index is 0.271. The SMILES string of the molecule is CC1CN(Cc2cccc(C=CC(=O)O)c2)CCCO1. The van der Waals surface area contributed by atoms with Crippen LogP contribution < -0.4 is 0 Å². The predicted molar refractivity (Wildman–Crippen MR) is 78.4 cm³/mol. The highest BCUT2D eigenvalue weighted by atomic mass is 16.5. The highest BCUT2D eigenvalue weighted by Crippen LogP contribution is 2.13. The fraction of sp³-hybridized carbons (Fsp3) is 0.438. The van der Waals surface area contributed by atoms with Crippen LogP contribution in [-0.2, 0) is 16.1 Å². The summed E-state index contributed by atoms with van der Waals surface area (Å²) < 4.78 is 5.64. The Morgan fingerprint density at radius 3 is 3.20 bits per heavy atom. The second-order valence-electron chi connectivity index (χ2n) is 5.19. The Kier molecular flexibility index (Phi) is 5.32. The van der Waals surface area contributed by atoms with E-state index in [0.29, 0.717) is 0 Å². The maximum absolute atomic E-state index is 10.5. The van der Waals surface area contributed by atoms with Crippen molar-refractivity contribution < 1.29 is 14.6 Å². The zero-order chi connectivity index (χ0) is 14.4. The highest BCUT2D eigenvalue weighted by molar-refractivity contribution is 5.85. The maximum Gasteiger partial charge on any atom is 0.328 e. The molecule has 0 amide bonds. The van der Waals surface area contributed by atoms with Crippen LogP contribution in [0.1, 0.15) is 24.5 Å². The average molecular weight is 275 g/mol. The van der Waals surface area contributed by atoms with E-state index in [1.54, 1.807) is 6.08 Å². The quantitative estimate of drug-likeness (QED) is 0.857. The minimum atomic E-state index is -0.922. The van der Waals surface area contributed by atoms with Crippen LogP contribution in [0, 0.1) is 0 Å². The summed E-state index contributed by atoms with van der Waals surface area (Å²) >= 11 is 0. The number of hydrogen-bond acceptors (Lipinski definition) is 3. The number of aliphatic carboxylic acids is 1. The molecule has 0 bridgehead atoms. The molecule has 1 aliphatic rings. The summed E-state index contributed by atoms with van der Waals surface area (Å²) in [6.07, 6.45) is 4.12. The highest BCUT2D eigenvalue weighted by Gasteiger charge is 2.14. The van der Waals surface area contributed by atoms with E-state index in [1.807, 2.05) is 18.2 Å². The number of carbonyl (C=O) groups is 1. The van der Waals surface area contributed by atoms with Crippen LogP contribution in [0.3, 0.4) is 0 Å². The first kappa shape index (κ1) is 14.8. The lowest BCUT2D eigenvalue weighted by molar-refractivity contribution is -0.131. The van der Waals surface area contributed by atoms with Crippen molar-refractivity contribution in [3.05, 3.63) is 41.5 Å². The van der Waals surface area contributed by atoms with Crippen LogP contribution >= 0.6 is 0 Å². The topological polar surface area (TPSA) is 49.8 Å². The number of benzene rings is 1. The molecule has 0 aromatic heterocycles. The van der Waals surface area contributed by atoms with Gasteiger partial charge in [-0.25, -0.2) is 4.79 Å². The van der Waals surface area contributed by atoms with Gasteiger partial charge in [0.05, 0.1) is 6.10 Å². The molecule has 4 nitrogen and oxygen atoms in total. The molecule has 1 aliphatic heterocycles. The Morgan fingerprint density at radius 2 is 2.40 bits per heavy atom. The molecule has 1 heterocycles. The molecule has 0 saturated carbocycles. The standard InChI is InChI=1S/C16H21NO3/c1-13-11-17(8-3-9-20-13)12-15-5-2-4-14(10-15)6-7-16(18)19/h2,4-7,10,13H,3,8-9,11-12H2,1H3,(H,18,19). The van der Waals surface area contributed by atoms with Crippen LogP contribution in [0.25, 0.3) is 6.08 Å². The van der Waals surface area contributed by atoms with Crippen molar-refractivity contribution >= 4 is 12.0 Å². The summed E-state index contributed by atoms with van der Waals surface area (Å²) in [5, 5.41) is 8.66. The Morgan fingerprint density at radius 1 is 1.55 bits per heavy atom. The second kappa shape index (κ2) is 7.22. The summed E-state index contributed by atoms with van der Waals surface area (Å²) in [4.78, 5) is 12.9. The van der Waals surface area contributed by atoms with E-state index in [-0.39, 0.29) is 6.10 Å². The molecule has 0 radical (unpaired) electrons. The van der Waals surface area contributed by atoms with Gasteiger partial charge in [0.15, 0.2) is 0 Å². The fourth-order valence-electron chi connectivity index (χ4n) is 2.44. The second-order valence-corrected chi connectivity index (χ2v) is 5.19. The Labute approximate surface area is 119 Å². The number of ether oxygens (including phenoxy) is 1. The lowest BCUT2D eigenvalue weighted by Crippen LogP contribution is -2.29. The average Bonchev–Trinajstić information content (AvgIpc) is 2.61. The monoisotopic (exact) mass is 275 g/mol. The van der Waals surface area contributed by atoms with Crippen LogP contribution in [0.5, 0.6) is 0 Å². The van der Waals surface area contributed by atoms with Crippen molar-refractivity contribution in [3.8, 4) is 0 Å². The number of hydrogen-bond donors (Lipinski definition) is 1. The van der Waals surface area contributed by atoms with Crippen molar-refractivity contribution in [2.75, 3.05) is 19.7 Å². The van der Waals surface area contributed by atoms with Crippen molar-refractivity contribution in [3.63, 3.8) is 0 Å². The molecule has 20 heavy (non-hydrogen) atoms. The van der Waals surface area contributed by atoms with Gasteiger partial charge in [-0.3, -0.25) is 4.90 Å². The summed E-state index contributed by atoms with van der Waals surface area (Å²) in [6, 6.07) is 8.00. The van der Waals surface area contributed by atoms with Crippen molar-refractivity contribution in [2.45, 2.75) is 26.0 Å². The Bertz CT molecular complexity index is 484. The number of carboxylic acids is 1. The lowest BCUT2D eigenvalue weighted by Gasteiger charge is -2.21. The van der Waals surface area contributed by atoms with Crippen molar-refractivity contribution in [1.29, 1.82) is 0 Å². The first-order valence-corrected chi connectivity index (χ1v) is 6.97. The van der Waals surface area contributed by atoms with Gasteiger partial charge in [0.2, 0.25) is 0 Å². The number of carboxylic acid groups (broad SMARTS) is 1. The van der Waals surface area contributed by atoms with Gasteiger partial charge in [0, 0.05) is 32.3 Å². The normalized spacial score (nSPS) is 20.9. The molecule has 2 rings (SSSR count). The molecule has 1 atom stereocenters. The molecule has 1 fully saturated rings. The van der Waals surface area contributed by atoms with Gasteiger partial charge in [0.25, 0.3) is 0 Å². The van der Waals surface area contributed by atoms with Gasteiger partial charge in [-0.05, 0) is 30.5 Å². The minimum Gasteiger partial charge on any atom is -0.478 e. The molecule has 0 aliphatic carbocycles. The van der Waals surface area contributed by atoms with E-state index in [2.05, 4.69) is 17.9 Å². The van der Waals surface area contributed by atoms with Gasteiger partial charge in [-0.15, -0.1) is 0 Å². The molecule has 1 aromatic rings. The summed E-state index contributed by atoms with van der Waals surface area (Å²) in [5.41, 5.74) is 2.12. The molecule has 1 saturated heterocycles. The van der Waals surface area contributed by atoms with Gasteiger partial charge in [-0.2, -0.15) is 0 Å². The number of nitrogens with zero attached hydrogens (tertiary/aromatic N) is 1. The van der Waals surface area contributed by atoms with Crippen LogP contribution in [0.2, 0.25) is 0 Å². The predicted octanol–water partition coefficient (Wildman–Crippen LogP) is 2.40. The zero-order valence-electron chi connectivity index (χ0n) is 11.8. The fourth-order valence-corrected chi connectivity index (χ4v) is 2.44. The van der Waals surface area contributed by atoms with Gasteiger partial charge >= 0.3 is 5.97 Å². The zero-order valence-corrected chi connectivity index (χ0v) is 11.8. The summed E-state index contributed by atoms with van der Waals surface area (Å²) in [7, 11) is 0. The van der Waals surface area contributed by atoms with Crippen molar-refractivity contribution in [2.24, 2.45) is 0 Å². The maximum atomic E-state index is 10.5. The summed E-state index contributed by atoms with van der Waals surface area (Å²) in [6.45, 7) is 5.79. The number of rotatable bonds is 4. The molecular weight excluding hydrogens is 254 g/mol. The molecular formula is C16H21NO3. The van der Waals surface area contributed by atoms with Crippen LogP contribution in [0.15, 0.2) is 30.3 Å².